The van der Waals surface area contributed by atoms with Crippen LogP contribution in [0.25, 0.3) is 0 Å². The standard InChI is InChI=1S/C15H22ClIN2O/c1-11(2)10-19(8-7-18(3)4)15(20)12-5-6-14(17)13(16)9-12/h5-6,9,11H,7-8,10H2,1-4H3. The molecule has 0 aromatic heterocycles. The molecule has 0 aliphatic heterocycles. The number of hydrogen-bond donors (Lipinski definition) is 0. The fourth-order valence-corrected chi connectivity index (χ4v) is 2.37. The van der Waals surface area contributed by atoms with Crippen molar-refractivity contribution in [3.63, 3.8) is 0 Å². The van der Waals surface area contributed by atoms with Crippen molar-refractivity contribution in [3.05, 3.63) is 32.4 Å². The van der Waals surface area contributed by atoms with E-state index in [9.17, 15) is 4.79 Å². The van der Waals surface area contributed by atoms with Crippen molar-refractivity contribution in [1.82, 2.24) is 9.80 Å². The molecule has 0 saturated carbocycles. The minimum atomic E-state index is 0.0545. The Morgan fingerprint density at radius 1 is 1.30 bits per heavy atom. The molecule has 0 spiro atoms. The number of rotatable bonds is 6. The lowest BCUT2D eigenvalue weighted by molar-refractivity contribution is 0.0724. The summed E-state index contributed by atoms with van der Waals surface area (Å²) in [5, 5.41) is 0.633. The third kappa shape index (κ3) is 5.58. The molecule has 0 saturated heterocycles. The zero-order valence-electron chi connectivity index (χ0n) is 12.5. The van der Waals surface area contributed by atoms with Gasteiger partial charge in [0, 0.05) is 28.8 Å². The predicted molar refractivity (Wildman–Crippen MR) is 93.5 cm³/mol. The van der Waals surface area contributed by atoms with Gasteiger partial charge in [0.15, 0.2) is 0 Å². The quantitative estimate of drug-likeness (QED) is 0.672. The monoisotopic (exact) mass is 408 g/mol. The van der Waals surface area contributed by atoms with Crippen molar-refractivity contribution >= 4 is 40.1 Å². The number of halogens is 2. The Labute approximate surface area is 140 Å². The van der Waals surface area contributed by atoms with Gasteiger partial charge in [-0.05, 0) is 60.8 Å². The minimum absolute atomic E-state index is 0.0545. The van der Waals surface area contributed by atoms with E-state index in [4.69, 9.17) is 11.6 Å². The van der Waals surface area contributed by atoms with Gasteiger partial charge in [-0.3, -0.25) is 4.79 Å². The van der Waals surface area contributed by atoms with E-state index < -0.39 is 0 Å². The summed E-state index contributed by atoms with van der Waals surface area (Å²) < 4.78 is 0.963. The topological polar surface area (TPSA) is 23.6 Å². The van der Waals surface area contributed by atoms with E-state index in [1.165, 1.54) is 0 Å². The summed E-state index contributed by atoms with van der Waals surface area (Å²) in [5.74, 6) is 0.499. The molecule has 0 fully saturated rings. The Bertz CT molecular complexity index is 463. The lowest BCUT2D eigenvalue weighted by atomic mass is 10.1. The molecule has 0 unspecified atom stereocenters. The van der Waals surface area contributed by atoms with Crippen molar-refractivity contribution < 1.29 is 4.79 Å². The van der Waals surface area contributed by atoms with E-state index in [0.717, 1.165) is 23.2 Å². The molecule has 1 rings (SSSR count). The Balaban J connectivity index is 2.87. The minimum Gasteiger partial charge on any atom is -0.337 e. The molecule has 0 heterocycles. The number of carbonyl (C=O) groups is 1. The van der Waals surface area contributed by atoms with Crippen LogP contribution in [0.5, 0.6) is 0 Å². The van der Waals surface area contributed by atoms with Crippen LogP contribution in [0.4, 0.5) is 0 Å². The average molecular weight is 409 g/mol. The zero-order valence-corrected chi connectivity index (χ0v) is 15.4. The van der Waals surface area contributed by atoms with Crippen LogP contribution >= 0.6 is 34.2 Å². The van der Waals surface area contributed by atoms with Crippen LogP contribution in [0, 0.1) is 9.49 Å². The molecular formula is C15H22ClIN2O. The first-order chi connectivity index (χ1) is 9.31. The average Bonchev–Trinajstić information content (AvgIpc) is 2.36. The van der Waals surface area contributed by atoms with E-state index in [1.807, 2.05) is 31.1 Å². The Morgan fingerprint density at radius 3 is 2.45 bits per heavy atom. The fourth-order valence-electron chi connectivity index (χ4n) is 1.85. The fraction of sp³-hybridized carbons (Fsp3) is 0.533. The molecule has 0 aliphatic carbocycles. The van der Waals surface area contributed by atoms with Gasteiger partial charge in [0.05, 0.1) is 5.02 Å². The van der Waals surface area contributed by atoms with Gasteiger partial charge in [0.25, 0.3) is 5.91 Å². The summed E-state index contributed by atoms with van der Waals surface area (Å²) in [6.07, 6.45) is 0. The Hall–Kier alpha value is -0.330. The van der Waals surface area contributed by atoms with Crippen LogP contribution in [0.15, 0.2) is 18.2 Å². The van der Waals surface area contributed by atoms with Crippen molar-refractivity contribution in [2.45, 2.75) is 13.8 Å². The Kier molecular flexibility index (Phi) is 7.26. The van der Waals surface area contributed by atoms with Crippen LogP contribution in [-0.2, 0) is 0 Å². The predicted octanol–water partition coefficient (Wildman–Crippen LogP) is 3.60. The molecule has 0 N–H and O–H groups in total. The van der Waals surface area contributed by atoms with Gasteiger partial charge < -0.3 is 9.80 Å². The molecule has 0 radical (unpaired) electrons. The summed E-state index contributed by atoms with van der Waals surface area (Å²) in [4.78, 5) is 16.6. The van der Waals surface area contributed by atoms with E-state index in [-0.39, 0.29) is 5.91 Å². The van der Waals surface area contributed by atoms with Gasteiger partial charge in [-0.1, -0.05) is 25.4 Å². The molecular weight excluding hydrogens is 387 g/mol. The second kappa shape index (κ2) is 8.20. The molecule has 0 atom stereocenters. The van der Waals surface area contributed by atoms with E-state index in [1.54, 1.807) is 6.07 Å². The molecule has 5 heteroatoms. The van der Waals surface area contributed by atoms with E-state index >= 15 is 0 Å². The SMILES string of the molecule is CC(C)CN(CCN(C)C)C(=O)c1ccc(I)c(Cl)c1. The van der Waals surface area contributed by atoms with Crippen LogP contribution in [0.3, 0.4) is 0 Å². The van der Waals surface area contributed by atoms with Crippen LogP contribution in [0.1, 0.15) is 24.2 Å². The van der Waals surface area contributed by atoms with E-state index in [0.29, 0.717) is 16.5 Å². The van der Waals surface area contributed by atoms with Gasteiger partial charge in [0.2, 0.25) is 0 Å². The first-order valence-electron chi connectivity index (χ1n) is 6.70. The van der Waals surface area contributed by atoms with Gasteiger partial charge in [-0.15, -0.1) is 0 Å². The Morgan fingerprint density at radius 2 is 1.95 bits per heavy atom. The number of carbonyl (C=O) groups excluding carboxylic acids is 1. The summed E-state index contributed by atoms with van der Waals surface area (Å²) in [5.41, 5.74) is 0.662. The molecule has 20 heavy (non-hydrogen) atoms. The first kappa shape index (κ1) is 17.7. The molecule has 1 aromatic carbocycles. The summed E-state index contributed by atoms with van der Waals surface area (Å²) in [6, 6.07) is 5.49. The third-order valence-corrected chi connectivity index (χ3v) is 4.43. The zero-order chi connectivity index (χ0) is 15.3. The maximum atomic E-state index is 12.6. The third-order valence-electron chi connectivity index (χ3n) is 2.86. The normalized spacial score (nSPS) is 11.2. The number of likely N-dealkylation sites (N-methyl/N-ethyl adjacent to an activating group) is 1. The van der Waals surface area contributed by atoms with Crippen LogP contribution in [-0.4, -0.2) is 49.4 Å². The summed E-state index contributed by atoms with van der Waals surface area (Å²) >= 11 is 8.27. The number of amides is 1. The molecule has 0 aliphatic rings. The molecule has 3 nitrogen and oxygen atoms in total. The maximum absolute atomic E-state index is 12.6. The number of nitrogens with zero attached hydrogens (tertiary/aromatic N) is 2. The van der Waals surface area contributed by atoms with Crippen molar-refractivity contribution in [2.24, 2.45) is 5.92 Å². The van der Waals surface area contributed by atoms with Crippen LogP contribution in [0.2, 0.25) is 5.02 Å². The van der Waals surface area contributed by atoms with Gasteiger partial charge >= 0.3 is 0 Å². The molecule has 0 bridgehead atoms. The highest BCUT2D eigenvalue weighted by Crippen LogP contribution is 2.20. The van der Waals surface area contributed by atoms with Gasteiger partial charge in [-0.2, -0.15) is 0 Å². The van der Waals surface area contributed by atoms with Crippen LogP contribution < -0.4 is 0 Å². The van der Waals surface area contributed by atoms with Crippen molar-refractivity contribution in [2.75, 3.05) is 33.7 Å². The number of benzene rings is 1. The second-order valence-electron chi connectivity index (χ2n) is 5.58. The lowest BCUT2D eigenvalue weighted by Crippen LogP contribution is -2.39. The summed E-state index contributed by atoms with van der Waals surface area (Å²) in [7, 11) is 4.03. The highest BCUT2D eigenvalue weighted by Gasteiger charge is 2.17. The van der Waals surface area contributed by atoms with Crippen molar-refractivity contribution in [1.29, 1.82) is 0 Å². The first-order valence-corrected chi connectivity index (χ1v) is 8.16. The van der Waals surface area contributed by atoms with Gasteiger partial charge in [0.1, 0.15) is 0 Å². The smallest absolute Gasteiger partial charge is 0.253 e. The van der Waals surface area contributed by atoms with Gasteiger partial charge in [-0.25, -0.2) is 0 Å². The number of hydrogen-bond acceptors (Lipinski definition) is 2. The lowest BCUT2D eigenvalue weighted by Gasteiger charge is -2.26. The van der Waals surface area contributed by atoms with Crippen molar-refractivity contribution in [3.8, 4) is 0 Å². The molecule has 1 amide bonds. The van der Waals surface area contributed by atoms with E-state index in [2.05, 4.69) is 41.3 Å². The second-order valence-corrected chi connectivity index (χ2v) is 7.15. The highest BCUT2D eigenvalue weighted by atomic mass is 127. The molecule has 1 aromatic rings. The highest BCUT2D eigenvalue weighted by molar-refractivity contribution is 14.1. The molecule has 112 valence electrons. The largest absolute Gasteiger partial charge is 0.337 e. The maximum Gasteiger partial charge on any atom is 0.253 e. The summed E-state index contributed by atoms with van der Waals surface area (Å²) in [6.45, 7) is 6.59.